The summed E-state index contributed by atoms with van der Waals surface area (Å²) in [6.07, 6.45) is 9.15. The van der Waals surface area contributed by atoms with Gasteiger partial charge in [0.1, 0.15) is 6.10 Å². The highest BCUT2D eigenvalue weighted by molar-refractivity contribution is 6.17. The molecule has 0 saturated heterocycles. The average Bonchev–Trinajstić information content (AvgIpc) is 2.24. The molecule has 0 radical (unpaired) electrons. The van der Waals surface area contributed by atoms with Crippen molar-refractivity contribution >= 4 is 17.6 Å². The van der Waals surface area contributed by atoms with Crippen molar-refractivity contribution in [1.82, 2.24) is 0 Å². The normalized spacial score (nSPS) is 12.4. The van der Waals surface area contributed by atoms with Gasteiger partial charge in [-0.05, 0) is 25.7 Å². The van der Waals surface area contributed by atoms with Crippen molar-refractivity contribution in [2.45, 2.75) is 71.3 Å². The molecule has 0 fully saturated rings. The van der Waals surface area contributed by atoms with E-state index in [9.17, 15) is 4.79 Å². The highest BCUT2D eigenvalue weighted by Gasteiger charge is 2.10. The molecule has 16 heavy (non-hydrogen) atoms. The van der Waals surface area contributed by atoms with Gasteiger partial charge in [0.05, 0.1) is 0 Å². The minimum atomic E-state index is -0.173. The van der Waals surface area contributed by atoms with Gasteiger partial charge in [0, 0.05) is 12.8 Å². The Labute approximate surface area is 105 Å². The predicted molar refractivity (Wildman–Crippen MR) is 68.9 cm³/mol. The fourth-order valence-corrected chi connectivity index (χ4v) is 1.93. The summed E-state index contributed by atoms with van der Waals surface area (Å²) in [4.78, 5) is 10.9. The molecule has 0 aliphatic heterocycles. The van der Waals surface area contributed by atoms with Crippen LogP contribution in [0, 0.1) is 0 Å². The van der Waals surface area contributed by atoms with Crippen LogP contribution in [0.5, 0.6) is 0 Å². The number of ether oxygens (including phenoxy) is 1. The third kappa shape index (κ3) is 10.3. The fraction of sp³-hybridized carbons (Fsp3) is 0.923. The van der Waals surface area contributed by atoms with Gasteiger partial charge >= 0.3 is 5.97 Å². The van der Waals surface area contributed by atoms with Gasteiger partial charge in [-0.2, -0.15) is 0 Å². The zero-order chi connectivity index (χ0) is 12.2. The van der Waals surface area contributed by atoms with Crippen molar-refractivity contribution in [2.24, 2.45) is 0 Å². The van der Waals surface area contributed by atoms with E-state index in [1.54, 1.807) is 0 Å². The number of esters is 1. The topological polar surface area (TPSA) is 26.3 Å². The quantitative estimate of drug-likeness (QED) is 0.327. The van der Waals surface area contributed by atoms with Gasteiger partial charge in [0.2, 0.25) is 0 Å². The van der Waals surface area contributed by atoms with Crippen LogP contribution in [0.15, 0.2) is 0 Å². The number of halogens is 1. The molecule has 0 heterocycles. The van der Waals surface area contributed by atoms with E-state index < -0.39 is 0 Å². The highest BCUT2D eigenvalue weighted by atomic mass is 35.5. The number of alkyl halides is 1. The lowest BCUT2D eigenvalue weighted by atomic mass is 10.1. The van der Waals surface area contributed by atoms with Crippen LogP contribution in [0.2, 0.25) is 0 Å². The monoisotopic (exact) mass is 248 g/mol. The molecule has 0 N–H and O–H groups in total. The van der Waals surface area contributed by atoms with Crippen LogP contribution in [0.4, 0.5) is 0 Å². The average molecular weight is 249 g/mol. The Kier molecular flexibility index (Phi) is 11.1. The van der Waals surface area contributed by atoms with Crippen LogP contribution in [0.3, 0.4) is 0 Å². The standard InChI is InChI=1S/C13H25ClO2/c1-3-4-5-6-7-9-13(10-8-11-14)16-12(2)15/h13H,3-11H2,1-2H3/t13-/m1/s1. The van der Waals surface area contributed by atoms with Crippen LogP contribution < -0.4 is 0 Å². The van der Waals surface area contributed by atoms with Crippen molar-refractivity contribution in [2.75, 3.05) is 5.88 Å². The van der Waals surface area contributed by atoms with E-state index in [4.69, 9.17) is 16.3 Å². The van der Waals surface area contributed by atoms with Crippen molar-refractivity contribution in [1.29, 1.82) is 0 Å². The van der Waals surface area contributed by atoms with Gasteiger partial charge < -0.3 is 4.74 Å². The van der Waals surface area contributed by atoms with Crippen molar-refractivity contribution < 1.29 is 9.53 Å². The molecule has 0 aromatic heterocycles. The third-order valence-corrected chi connectivity index (χ3v) is 2.89. The van der Waals surface area contributed by atoms with Gasteiger partial charge in [-0.25, -0.2) is 0 Å². The smallest absolute Gasteiger partial charge is 0.302 e. The first-order valence-corrected chi connectivity index (χ1v) is 6.97. The maximum absolute atomic E-state index is 10.9. The number of carbonyl (C=O) groups excluding carboxylic acids is 1. The van der Waals surface area contributed by atoms with E-state index in [1.807, 2.05) is 0 Å². The lowest BCUT2D eigenvalue weighted by Gasteiger charge is -2.16. The van der Waals surface area contributed by atoms with Gasteiger partial charge in [0.25, 0.3) is 0 Å². The second kappa shape index (κ2) is 11.3. The summed E-state index contributed by atoms with van der Waals surface area (Å²) in [5, 5.41) is 0. The number of rotatable bonds is 10. The third-order valence-electron chi connectivity index (χ3n) is 2.62. The van der Waals surface area contributed by atoms with Gasteiger partial charge in [-0.1, -0.05) is 32.6 Å². The fourth-order valence-electron chi connectivity index (χ4n) is 1.78. The summed E-state index contributed by atoms with van der Waals surface area (Å²) < 4.78 is 5.26. The molecule has 0 aliphatic rings. The summed E-state index contributed by atoms with van der Waals surface area (Å²) in [6.45, 7) is 3.69. The van der Waals surface area contributed by atoms with Crippen LogP contribution >= 0.6 is 11.6 Å². The Morgan fingerprint density at radius 1 is 1.12 bits per heavy atom. The molecule has 0 aromatic carbocycles. The number of hydrogen-bond acceptors (Lipinski definition) is 2. The Morgan fingerprint density at radius 2 is 1.75 bits per heavy atom. The van der Waals surface area contributed by atoms with E-state index in [2.05, 4.69) is 6.92 Å². The second-order valence-corrected chi connectivity index (χ2v) is 4.64. The zero-order valence-corrected chi connectivity index (χ0v) is 11.4. The Hall–Kier alpha value is -0.240. The first-order valence-electron chi connectivity index (χ1n) is 6.43. The van der Waals surface area contributed by atoms with E-state index in [1.165, 1.54) is 32.6 Å². The molecule has 0 amide bonds. The lowest BCUT2D eigenvalue weighted by Crippen LogP contribution is -2.16. The lowest BCUT2D eigenvalue weighted by molar-refractivity contribution is -0.147. The van der Waals surface area contributed by atoms with Crippen LogP contribution in [0.25, 0.3) is 0 Å². The predicted octanol–water partition coefficient (Wildman–Crippen LogP) is 4.30. The first kappa shape index (κ1) is 15.8. The van der Waals surface area contributed by atoms with E-state index >= 15 is 0 Å². The Morgan fingerprint density at radius 3 is 2.31 bits per heavy atom. The molecule has 3 heteroatoms. The van der Waals surface area contributed by atoms with E-state index in [-0.39, 0.29) is 12.1 Å². The van der Waals surface area contributed by atoms with E-state index in [0.29, 0.717) is 5.88 Å². The summed E-state index contributed by atoms with van der Waals surface area (Å²) in [5.41, 5.74) is 0. The summed E-state index contributed by atoms with van der Waals surface area (Å²) in [6, 6.07) is 0. The molecule has 1 atom stereocenters. The summed E-state index contributed by atoms with van der Waals surface area (Å²) >= 11 is 5.64. The molecule has 0 aromatic rings. The Bertz CT molecular complexity index is 171. The first-order chi connectivity index (χ1) is 7.70. The SMILES string of the molecule is CCCCCCC[C@H](CCCCl)OC(C)=O. The maximum Gasteiger partial charge on any atom is 0.302 e. The molecular formula is C13H25ClO2. The molecule has 0 aliphatic carbocycles. The van der Waals surface area contributed by atoms with Gasteiger partial charge in [-0.3, -0.25) is 4.79 Å². The molecule has 2 nitrogen and oxygen atoms in total. The zero-order valence-electron chi connectivity index (χ0n) is 10.6. The Balaban J connectivity index is 3.60. The number of hydrogen-bond donors (Lipinski definition) is 0. The van der Waals surface area contributed by atoms with Crippen molar-refractivity contribution in [3.63, 3.8) is 0 Å². The maximum atomic E-state index is 10.9. The van der Waals surface area contributed by atoms with Crippen LogP contribution in [-0.2, 0) is 9.53 Å². The molecular weight excluding hydrogens is 224 g/mol. The number of carbonyl (C=O) groups is 1. The van der Waals surface area contributed by atoms with Crippen molar-refractivity contribution in [3.05, 3.63) is 0 Å². The highest BCUT2D eigenvalue weighted by Crippen LogP contribution is 2.14. The van der Waals surface area contributed by atoms with Crippen molar-refractivity contribution in [3.8, 4) is 0 Å². The largest absolute Gasteiger partial charge is 0.463 e. The summed E-state index contributed by atoms with van der Waals surface area (Å²) in [5.74, 6) is 0.473. The molecule has 0 spiro atoms. The van der Waals surface area contributed by atoms with Gasteiger partial charge in [-0.15, -0.1) is 11.6 Å². The molecule has 0 bridgehead atoms. The minimum absolute atomic E-state index is 0.0814. The molecule has 0 unspecified atom stereocenters. The molecule has 96 valence electrons. The minimum Gasteiger partial charge on any atom is -0.463 e. The molecule has 0 rings (SSSR count). The van der Waals surface area contributed by atoms with Crippen LogP contribution in [0.1, 0.15) is 65.2 Å². The number of unbranched alkanes of at least 4 members (excludes halogenated alkanes) is 4. The molecule has 0 saturated carbocycles. The van der Waals surface area contributed by atoms with Crippen LogP contribution in [-0.4, -0.2) is 18.0 Å². The van der Waals surface area contributed by atoms with E-state index in [0.717, 1.165) is 25.7 Å². The van der Waals surface area contributed by atoms with Gasteiger partial charge in [0.15, 0.2) is 0 Å². The summed E-state index contributed by atoms with van der Waals surface area (Å²) in [7, 11) is 0. The second-order valence-electron chi connectivity index (χ2n) is 4.27.